The van der Waals surface area contributed by atoms with Crippen LogP contribution in [0.2, 0.25) is 0 Å². The van der Waals surface area contributed by atoms with Gasteiger partial charge >= 0.3 is 0 Å². The number of anilines is 2. The third-order valence-electron chi connectivity index (χ3n) is 5.28. The molecular weight excluding hydrogens is 352 g/mol. The first-order chi connectivity index (χ1) is 13.6. The van der Waals surface area contributed by atoms with Gasteiger partial charge < -0.3 is 19.6 Å². The first kappa shape index (κ1) is 20.1. The summed E-state index contributed by atoms with van der Waals surface area (Å²) in [6.45, 7) is 7.49. The van der Waals surface area contributed by atoms with Gasteiger partial charge in [0, 0.05) is 63.9 Å². The molecule has 0 aliphatic carbocycles. The van der Waals surface area contributed by atoms with E-state index in [4.69, 9.17) is 0 Å². The first-order valence-electron chi connectivity index (χ1n) is 9.96. The lowest BCUT2D eigenvalue weighted by atomic mass is 10.2. The van der Waals surface area contributed by atoms with E-state index in [0.717, 1.165) is 45.2 Å². The number of piperazine rings is 1. The van der Waals surface area contributed by atoms with Crippen LogP contribution in [0.15, 0.2) is 42.7 Å². The Bertz CT molecular complexity index is 741. The minimum absolute atomic E-state index is 0.232. The Morgan fingerprint density at radius 2 is 1.71 bits per heavy atom. The predicted molar refractivity (Wildman–Crippen MR) is 112 cm³/mol. The number of rotatable bonds is 7. The molecular formula is C21H31N6O+. The Morgan fingerprint density at radius 1 is 1.07 bits per heavy atom. The SMILES string of the molecule is CC[NH+](CC(=O)N1CCN(c2ncccn2)CC1)Cc1ccc(N(C)C)cc1. The Kier molecular flexibility index (Phi) is 6.81. The number of carbonyl (C=O) groups excluding carboxylic acids is 1. The third kappa shape index (κ3) is 5.19. The van der Waals surface area contributed by atoms with E-state index < -0.39 is 0 Å². The highest BCUT2D eigenvalue weighted by Crippen LogP contribution is 2.12. The van der Waals surface area contributed by atoms with E-state index >= 15 is 0 Å². The molecule has 0 spiro atoms. The summed E-state index contributed by atoms with van der Waals surface area (Å²) in [5, 5.41) is 0. The quantitative estimate of drug-likeness (QED) is 0.745. The van der Waals surface area contributed by atoms with Crippen molar-refractivity contribution in [2.45, 2.75) is 13.5 Å². The van der Waals surface area contributed by atoms with Crippen LogP contribution in [0.1, 0.15) is 12.5 Å². The summed E-state index contributed by atoms with van der Waals surface area (Å²) in [6.07, 6.45) is 3.51. The molecule has 0 bridgehead atoms. The number of amides is 1. The molecule has 1 aromatic carbocycles. The Balaban J connectivity index is 1.50. The second-order valence-corrected chi connectivity index (χ2v) is 7.43. The highest BCUT2D eigenvalue weighted by atomic mass is 16.2. The summed E-state index contributed by atoms with van der Waals surface area (Å²) in [4.78, 5) is 28.9. The number of nitrogens with zero attached hydrogens (tertiary/aromatic N) is 5. The number of hydrogen-bond donors (Lipinski definition) is 1. The number of benzene rings is 1. The molecule has 1 aliphatic heterocycles. The van der Waals surface area contributed by atoms with Crippen molar-refractivity contribution >= 4 is 17.5 Å². The second-order valence-electron chi connectivity index (χ2n) is 7.43. The van der Waals surface area contributed by atoms with Gasteiger partial charge in [-0.2, -0.15) is 0 Å². The molecule has 1 amide bonds. The zero-order valence-electron chi connectivity index (χ0n) is 17.1. The van der Waals surface area contributed by atoms with Crippen molar-refractivity contribution in [3.05, 3.63) is 48.3 Å². The summed E-state index contributed by atoms with van der Waals surface area (Å²) in [5.74, 6) is 0.979. The molecule has 7 nitrogen and oxygen atoms in total. The van der Waals surface area contributed by atoms with E-state index in [0.29, 0.717) is 6.54 Å². The van der Waals surface area contributed by atoms with Gasteiger partial charge in [-0.05, 0) is 25.1 Å². The maximum absolute atomic E-state index is 12.8. The van der Waals surface area contributed by atoms with Crippen LogP contribution in [0.25, 0.3) is 0 Å². The fourth-order valence-corrected chi connectivity index (χ4v) is 3.45. The highest BCUT2D eigenvalue weighted by molar-refractivity contribution is 5.77. The van der Waals surface area contributed by atoms with Crippen molar-refractivity contribution in [2.75, 3.05) is 63.2 Å². The Morgan fingerprint density at radius 3 is 2.29 bits per heavy atom. The molecule has 1 aromatic heterocycles. The highest BCUT2D eigenvalue weighted by Gasteiger charge is 2.25. The van der Waals surface area contributed by atoms with Gasteiger partial charge in [0.1, 0.15) is 6.54 Å². The maximum Gasteiger partial charge on any atom is 0.277 e. The lowest BCUT2D eigenvalue weighted by molar-refractivity contribution is -0.904. The van der Waals surface area contributed by atoms with Crippen LogP contribution in [-0.4, -0.2) is 74.1 Å². The van der Waals surface area contributed by atoms with E-state index in [1.165, 1.54) is 16.2 Å². The molecule has 0 radical (unpaired) electrons. The predicted octanol–water partition coefficient (Wildman–Crippen LogP) is 0.296. The van der Waals surface area contributed by atoms with Crippen molar-refractivity contribution in [3.63, 3.8) is 0 Å². The van der Waals surface area contributed by atoms with Crippen LogP contribution >= 0.6 is 0 Å². The van der Waals surface area contributed by atoms with Gasteiger partial charge in [-0.15, -0.1) is 0 Å². The van der Waals surface area contributed by atoms with Crippen molar-refractivity contribution < 1.29 is 9.69 Å². The molecule has 1 unspecified atom stereocenters. The Hall–Kier alpha value is -2.67. The summed E-state index contributed by atoms with van der Waals surface area (Å²) in [6, 6.07) is 10.4. The van der Waals surface area contributed by atoms with Gasteiger partial charge in [-0.25, -0.2) is 9.97 Å². The molecule has 1 fully saturated rings. The lowest BCUT2D eigenvalue weighted by Crippen LogP contribution is -3.11. The van der Waals surface area contributed by atoms with E-state index in [2.05, 4.69) is 51.0 Å². The second kappa shape index (κ2) is 9.50. The van der Waals surface area contributed by atoms with Gasteiger partial charge in [-0.3, -0.25) is 4.79 Å². The summed E-state index contributed by atoms with van der Waals surface area (Å²) in [5.41, 5.74) is 2.46. The molecule has 3 rings (SSSR count). The van der Waals surface area contributed by atoms with E-state index in [1.54, 1.807) is 12.4 Å². The number of hydrogen-bond acceptors (Lipinski definition) is 5. The minimum Gasteiger partial charge on any atom is -0.378 e. The minimum atomic E-state index is 0.232. The molecule has 0 saturated carbocycles. The number of aromatic nitrogens is 2. The summed E-state index contributed by atoms with van der Waals surface area (Å²) >= 11 is 0. The van der Waals surface area contributed by atoms with E-state index in [9.17, 15) is 4.79 Å². The monoisotopic (exact) mass is 383 g/mol. The van der Waals surface area contributed by atoms with Gasteiger partial charge in [0.25, 0.3) is 5.91 Å². The van der Waals surface area contributed by atoms with Crippen LogP contribution in [0.5, 0.6) is 0 Å². The fourth-order valence-electron chi connectivity index (χ4n) is 3.45. The average Bonchev–Trinajstić information content (AvgIpc) is 2.74. The number of likely N-dealkylation sites (N-methyl/N-ethyl adjacent to an activating group) is 1. The van der Waals surface area contributed by atoms with Crippen LogP contribution in [0.4, 0.5) is 11.6 Å². The zero-order chi connectivity index (χ0) is 19.9. The molecule has 1 N–H and O–H groups in total. The van der Waals surface area contributed by atoms with Gasteiger partial charge in [-0.1, -0.05) is 12.1 Å². The molecule has 150 valence electrons. The number of carbonyl (C=O) groups is 1. The van der Waals surface area contributed by atoms with Gasteiger partial charge in [0.15, 0.2) is 6.54 Å². The van der Waals surface area contributed by atoms with Crippen LogP contribution < -0.4 is 14.7 Å². The first-order valence-corrected chi connectivity index (χ1v) is 9.96. The van der Waals surface area contributed by atoms with Gasteiger partial charge in [0.05, 0.1) is 6.54 Å². The topological polar surface area (TPSA) is 57.0 Å². The van der Waals surface area contributed by atoms with Crippen LogP contribution in [0.3, 0.4) is 0 Å². The smallest absolute Gasteiger partial charge is 0.277 e. The van der Waals surface area contributed by atoms with Crippen molar-refractivity contribution in [3.8, 4) is 0 Å². The standard InChI is InChI=1S/C21H30N6O/c1-4-25(16-18-6-8-19(9-7-18)24(2)3)17-20(28)26-12-14-27(15-13-26)21-22-10-5-11-23-21/h5-11H,4,12-17H2,1-3H3/p+1. The third-order valence-corrected chi connectivity index (χ3v) is 5.28. The summed E-state index contributed by atoms with van der Waals surface area (Å²) in [7, 11) is 4.09. The maximum atomic E-state index is 12.8. The summed E-state index contributed by atoms with van der Waals surface area (Å²) < 4.78 is 0. The van der Waals surface area contributed by atoms with Crippen molar-refractivity contribution in [1.82, 2.24) is 14.9 Å². The molecule has 1 atom stereocenters. The lowest BCUT2D eigenvalue weighted by Gasteiger charge is -2.35. The van der Waals surface area contributed by atoms with E-state index in [1.807, 2.05) is 25.1 Å². The van der Waals surface area contributed by atoms with Crippen molar-refractivity contribution in [2.24, 2.45) is 0 Å². The normalized spacial score (nSPS) is 15.4. The van der Waals surface area contributed by atoms with Crippen molar-refractivity contribution in [1.29, 1.82) is 0 Å². The zero-order valence-corrected chi connectivity index (χ0v) is 17.1. The number of quaternary nitrogens is 1. The molecule has 2 aromatic rings. The fraction of sp³-hybridized carbons (Fsp3) is 0.476. The molecule has 2 heterocycles. The molecule has 1 saturated heterocycles. The van der Waals surface area contributed by atoms with Crippen LogP contribution in [0, 0.1) is 0 Å². The van der Waals surface area contributed by atoms with Gasteiger partial charge in [0.2, 0.25) is 5.95 Å². The molecule has 7 heteroatoms. The van der Waals surface area contributed by atoms with Crippen LogP contribution in [-0.2, 0) is 11.3 Å². The van der Waals surface area contributed by atoms with E-state index in [-0.39, 0.29) is 5.91 Å². The molecule has 28 heavy (non-hydrogen) atoms. The number of nitrogens with one attached hydrogen (secondary N) is 1. The molecule has 1 aliphatic rings. The average molecular weight is 384 g/mol. The Labute approximate surface area is 167 Å². The largest absolute Gasteiger partial charge is 0.378 e.